The van der Waals surface area contributed by atoms with E-state index in [4.69, 9.17) is 23.8 Å². The maximum Gasteiger partial charge on any atom is 0.240 e. The summed E-state index contributed by atoms with van der Waals surface area (Å²) in [6.07, 6.45) is 0. The van der Waals surface area contributed by atoms with Gasteiger partial charge in [-0.25, -0.2) is 13.1 Å². The zero-order chi connectivity index (χ0) is 16.9. The van der Waals surface area contributed by atoms with Crippen molar-refractivity contribution in [1.82, 2.24) is 4.72 Å². The highest BCUT2D eigenvalue weighted by Crippen LogP contribution is 2.21. The number of thiocarbonyl (C=S) groups is 1. The summed E-state index contributed by atoms with van der Waals surface area (Å²) in [7, 11) is -3.45. The summed E-state index contributed by atoms with van der Waals surface area (Å²) in [6.45, 7) is 2.07. The van der Waals surface area contributed by atoms with Gasteiger partial charge in [-0.2, -0.15) is 0 Å². The fourth-order valence-electron chi connectivity index (χ4n) is 1.84. The maximum atomic E-state index is 11.9. The molecule has 0 heterocycles. The van der Waals surface area contributed by atoms with Gasteiger partial charge in [0.25, 0.3) is 0 Å². The van der Waals surface area contributed by atoms with Crippen molar-refractivity contribution in [3.63, 3.8) is 0 Å². The minimum Gasteiger partial charge on any atom is -0.332 e. The Morgan fingerprint density at radius 3 is 2.35 bits per heavy atom. The number of rotatable bonds is 5. The van der Waals surface area contributed by atoms with E-state index >= 15 is 0 Å². The van der Waals surface area contributed by atoms with Crippen LogP contribution in [0, 0.1) is 0 Å². The fourth-order valence-corrected chi connectivity index (χ4v) is 3.29. The second-order valence-electron chi connectivity index (χ2n) is 4.58. The molecule has 0 aliphatic carbocycles. The molecular weight excluding hydrogens is 354 g/mol. The van der Waals surface area contributed by atoms with Gasteiger partial charge < -0.3 is 10.6 Å². The van der Waals surface area contributed by atoms with Gasteiger partial charge in [-0.3, -0.25) is 0 Å². The number of halogens is 1. The molecule has 8 heteroatoms. The van der Waals surface area contributed by atoms with Crippen molar-refractivity contribution in [2.24, 2.45) is 0 Å². The zero-order valence-corrected chi connectivity index (χ0v) is 14.7. The Labute approximate surface area is 146 Å². The molecule has 23 heavy (non-hydrogen) atoms. The molecule has 0 atom stereocenters. The molecule has 0 saturated carbocycles. The van der Waals surface area contributed by atoms with E-state index in [9.17, 15) is 8.42 Å². The minimum absolute atomic E-state index is 0.204. The first-order valence-corrected chi connectivity index (χ1v) is 9.11. The van der Waals surface area contributed by atoms with Crippen molar-refractivity contribution < 1.29 is 8.42 Å². The van der Waals surface area contributed by atoms with Crippen LogP contribution < -0.4 is 15.4 Å². The van der Waals surface area contributed by atoms with Crippen LogP contribution in [0.25, 0.3) is 0 Å². The topological polar surface area (TPSA) is 70.2 Å². The number of para-hydroxylation sites is 1. The van der Waals surface area contributed by atoms with Crippen LogP contribution in [0.1, 0.15) is 6.92 Å². The highest BCUT2D eigenvalue weighted by atomic mass is 35.5. The standard InChI is InChI=1S/C15H16ClN3O2S2/c1-2-17-23(20,21)12-9-7-11(8-10-12)18-15(22)19-14-6-4-3-5-13(14)16/h3-10,17H,2H2,1H3,(H2,18,19,22). The van der Waals surface area contributed by atoms with Crippen molar-refractivity contribution >= 4 is 50.3 Å². The fraction of sp³-hybridized carbons (Fsp3) is 0.133. The lowest BCUT2D eigenvalue weighted by Crippen LogP contribution is -2.23. The van der Waals surface area contributed by atoms with Crippen LogP contribution in [0.4, 0.5) is 11.4 Å². The molecule has 0 aromatic heterocycles. The Balaban J connectivity index is 2.04. The molecule has 0 fully saturated rings. The van der Waals surface area contributed by atoms with Crippen molar-refractivity contribution in [1.29, 1.82) is 0 Å². The molecule has 0 radical (unpaired) electrons. The Morgan fingerprint density at radius 2 is 1.74 bits per heavy atom. The SMILES string of the molecule is CCNS(=O)(=O)c1ccc(NC(=S)Nc2ccccc2Cl)cc1. The summed E-state index contributed by atoms with van der Waals surface area (Å²) in [5, 5.41) is 6.88. The van der Waals surface area contributed by atoms with Crippen LogP contribution in [-0.4, -0.2) is 20.1 Å². The van der Waals surface area contributed by atoms with Gasteiger partial charge in [-0.15, -0.1) is 0 Å². The van der Waals surface area contributed by atoms with Gasteiger partial charge in [0.2, 0.25) is 10.0 Å². The van der Waals surface area contributed by atoms with E-state index in [1.807, 2.05) is 18.2 Å². The summed E-state index contributed by atoms with van der Waals surface area (Å²) in [5.41, 5.74) is 1.36. The Kier molecular flexibility index (Phi) is 5.95. The largest absolute Gasteiger partial charge is 0.332 e. The van der Waals surface area contributed by atoms with Gasteiger partial charge in [0.05, 0.1) is 15.6 Å². The molecule has 2 aromatic carbocycles. The lowest BCUT2D eigenvalue weighted by molar-refractivity contribution is 0.584. The van der Waals surface area contributed by atoms with E-state index in [0.29, 0.717) is 28.1 Å². The van der Waals surface area contributed by atoms with Crippen molar-refractivity contribution in [3.8, 4) is 0 Å². The number of hydrogen-bond acceptors (Lipinski definition) is 3. The van der Waals surface area contributed by atoms with Crippen LogP contribution in [0.3, 0.4) is 0 Å². The molecule has 0 spiro atoms. The van der Waals surface area contributed by atoms with Crippen molar-refractivity contribution in [2.45, 2.75) is 11.8 Å². The van der Waals surface area contributed by atoms with Crippen LogP contribution in [0.5, 0.6) is 0 Å². The number of hydrogen-bond donors (Lipinski definition) is 3. The molecule has 3 N–H and O–H groups in total. The van der Waals surface area contributed by atoms with Crippen molar-refractivity contribution in [2.75, 3.05) is 17.2 Å². The Morgan fingerprint density at radius 1 is 1.09 bits per heavy atom. The third kappa shape index (κ3) is 4.90. The van der Waals surface area contributed by atoms with Gasteiger partial charge in [0.15, 0.2) is 5.11 Å². The van der Waals surface area contributed by atoms with Gasteiger partial charge in [0, 0.05) is 12.2 Å². The molecular formula is C15H16ClN3O2S2. The maximum absolute atomic E-state index is 11.9. The predicted molar refractivity (Wildman–Crippen MR) is 98.6 cm³/mol. The first-order chi connectivity index (χ1) is 10.9. The van der Waals surface area contributed by atoms with Crippen LogP contribution >= 0.6 is 23.8 Å². The quantitative estimate of drug-likeness (QED) is 0.704. The van der Waals surface area contributed by atoms with Gasteiger partial charge in [0.1, 0.15) is 0 Å². The highest BCUT2D eigenvalue weighted by Gasteiger charge is 2.12. The number of anilines is 2. The second-order valence-corrected chi connectivity index (χ2v) is 7.17. The molecule has 0 aliphatic heterocycles. The average Bonchev–Trinajstić information content (AvgIpc) is 2.50. The van der Waals surface area contributed by atoms with E-state index < -0.39 is 10.0 Å². The number of nitrogens with one attached hydrogen (secondary N) is 3. The molecule has 0 amide bonds. The lowest BCUT2D eigenvalue weighted by Gasteiger charge is -2.12. The normalized spacial score (nSPS) is 11.0. The molecule has 5 nitrogen and oxygen atoms in total. The first kappa shape index (κ1) is 17.7. The Hall–Kier alpha value is -1.67. The predicted octanol–water partition coefficient (Wildman–Crippen LogP) is 3.45. The van der Waals surface area contributed by atoms with E-state index in [1.165, 1.54) is 12.1 Å². The lowest BCUT2D eigenvalue weighted by atomic mass is 10.3. The van der Waals surface area contributed by atoms with Crippen LogP contribution in [-0.2, 0) is 10.0 Å². The highest BCUT2D eigenvalue weighted by molar-refractivity contribution is 7.89. The molecule has 2 rings (SSSR count). The average molecular weight is 370 g/mol. The van der Waals surface area contributed by atoms with Crippen LogP contribution in [0.2, 0.25) is 5.02 Å². The van der Waals surface area contributed by atoms with E-state index in [-0.39, 0.29) is 4.90 Å². The first-order valence-electron chi connectivity index (χ1n) is 6.84. The number of benzene rings is 2. The monoisotopic (exact) mass is 369 g/mol. The molecule has 0 unspecified atom stereocenters. The van der Waals surface area contributed by atoms with E-state index in [2.05, 4.69) is 15.4 Å². The van der Waals surface area contributed by atoms with Crippen molar-refractivity contribution in [3.05, 3.63) is 53.6 Å². The summed E-state index contributed by atoms with van der Waals surface area (Å²) in [4.78, 5) is 0.204. The Bertz CT molecular complexity index is 793. The summed E-state index contributed by atoms with van der Waals surface area (Å²) in [6, 6.07) is 13.5. The molecule has 0 bridgehead atoms. The van der Waals surface area contributed by atoms with E-state index in [1.54, 1.807) is 25.1 Å². The third-order valence-electron chi connectivity index (χ3n) is 2.88. The minimum atomic E-state index is -3.45. The van der Waals surface area contributed by atoms with E-state index in [0.717, 1.165) is 0 Å². The zero-order valence-electron chi connectivity index (χ0n) is 12.3. The summed E-state index contributed by atoms with van der Waals surface area (Å²) < 4.78 is 26.2. The second kappa shape index (κ2) is 7.74. The molecule has 122 valence electrons. The molecule has 2 aromatic rings. The number of sulfonamides is 1. The van der Waals surface area contributed by atoms with Gasteiger partial charge >= 0.3 is 0 Å². The van der Waals surface area contributed by atoms with Gasteiger partial charge in [-0.1, -0.05) is 30.7 Å². The third-order valence-corrected chi connectivity index (χ3v) is 4.97. The van der Waals surface area contributed by atoms with Crippen LogP contribution in [0.15, 0.2) is 53.4 Å². The molecule has 0 aliphatic rings. The summed E-state index contributed by atoms with van der Waals surface area (Å²) >= 11 is 11.3. The van der Waals surface area contributed by atoms with Gasteiger partial charge in [-0.05, 0) is 48.6 Å². The smallest absolute Gasteiger partial charge is 0.240 e. The molecule has 0 saturated heterocycles. The summed E-state index contributed by atoms with van der Waals surface area (Å²) in [5.74, 6) is 0.